The minimum absolute atomic E-state index is 0.867. The van der Waals surface area contributed by atoms with E-state index in [1.165, 1.54) is 11.1 Å². The number of rotatable bonds is 5. The highest BCUT2D eigenvalue weighted by Crippen LogP contribution is 2.19. The van der Waals surface area contributed by atoms with Gasteiger partial charge in [-0.2, -0.15) is 0 Å². The van der Waals surface area contributed by atoms with Gasteiger partial charge in [-0.1, -0.05) is 19.1 Å². The Morgan fingerprint density at radius 3 is 2.37 bits per heavy atom. The molecule has 100 valence electrons. The zero-order valence-electron chi connectivity index (χ0n) is 11.8. The van der Waals surface area contributed by atoms with E-state index < -0.39 is 0 Å². The molecular weight excluding hydrogens is 234 g/mol. The average molecular weight is 255 g/mol. The molecule has 3 nitrogen and oxygen atoms in total. The van der Waals surface area contributed by atoms with E-state index in [1.807, 2.05) is 18.2 Å². The molecule has 0 amide bonds. The first-order chi connectivity index (χ1) is 9.17. The van der Waals surface area contributed by atoms with Crippen molar-refractivity contribution in [2.24, 2.45) is 0 Å². The zero-order chi connectivity index (χ0) is 13.7. The third-order valence-electron chi connectivity index (χ3n) is 2.80. The predicted octanol–water partition coefficient (Wildman–Crippen LogP) is 4.26. The number of nitrogens with zero attached hydrogens (tertiary/aromatic N) is 1. The first-order valence-corrected chi connectivity index (χ1v) is 6.73. The van der Waals surface area contributed by atoms with Crippen LogP contribution in [0, 0.1) is 13.8 Å². The van der Waals surface area contributed by atoms with Crippen molar-refractivity contribution in [3.05, 3.63) is 47.5 Å². The maximum absolute atomic E-state index is 4.54. The van der Waals surface area contributed by atoms with Crippen LogP contribution in [0.3, 0.4) is 0 Å². The summed E-state index contributed by atoms with van der Waals surface area (Å²) in [7, 11) is 0. The van der Waals surface area contributed by atoms with Crippen LogP contribution in [0.15, 0.2) is 36.4 Å². The monoisotopic (exact) mass is 255 g/mol. The lowest BCUT2D eigenvalue weighted by atomic mass is 10.1. The van der Waals surface area contributed by atoms with Crippen LogP contribution in [0.5, 0.6) is 0 Å². The molecule has 0 unspecified atom stereocenters. The summed E-state index contributed by atoms with van der Waals surface area (Å²) in [5.41, 5.74) is 3.59. The molecule has 1 aromatic carbocycles. The van der Waals surface area contributed by atoms with Gasteiger partial charge in [0.25, 0.3) is 0 Å². The Hall–Kier alpha value is -2.03. The van der Waals surface area contributed by atoms with E-state index in [9.17, 15) is 0 Å². The van der Waals surface area contributed by atoms with Crippen molar-refractivity contribution in [2.75, 3.05) is 17.2 Å². The lowest BCUT2D eigenvalue weighted by Crippen LogP contribution is -2.03. The third kappa shape index (κ3) is 3.98. The zero-order valence-corrected chi connectivity index (χ0v) is 11.8. The SMILES string of the molecule is CCCNc1cccc(Nc2cc(C)cc(C)c2)n1. The molecule has 0 saturated heterocycles. The number of anilines is 3. The van der Waals surface area contributed by atoms with Crippen LogP contribution in [0.4, 0.5) is 17.3 Å². The molecule has 0 spiro atoms. The van der Waals surface area contributed by atoms with Crippen LogP contribution < -0.4 is 10.6 Å². The van der Waals surface area contributed by atoms with Crippen molar-refractivity contribution >= 4 is 17.3 Å². The number of nitrogens with one attached hydrogen (secondary N) is 2. The molecule has 1 aromatic heterocycles. The largest absolute Gasteiger partial charge is 0.370 e. The Bertz CT molecular complexity index is 529. The summed E-state index contributed by atoms with van der Waals surface area (Å²) in [5, 5.41) is 6.64. The van der Waals surface area contributed by atoms with Crippen LogP contribution in [-0.2, 0) is 0 Å². The van der Waals surface area contributed by atoms with Crippen molar-refractivity contribution < 1.29 is 0 Å². The summed E-state index contributed by atoms with van der Waals surface area (Å²) >= 11 is 0. The van der Waals surface area contributed by atoms with E-state index in [2.05, 4.69) is 54.6 Å². The van der Waals surface area contributed by atoms with Crippen LogP contribution in [-0.4, -0.2) is 11.5 Å². The van der Waals surface area contributed by atoms with Crippen molar-refractivity contribution in [2.45, 2.75) is 27.2 Å². The molecule has 2 rings (SSSR count). The summed E-state index contributed by atoms with van der Waals surface area (Å²) in [6, 6.07) is 12.4. The quantitative estimate of drug-likeness (QED) is 0.838. The highest BCUT2D eigenvalue weighted by molar-refractivity contribution is 5.59. The van der Waals surface area contributed by atoms with Crippen LogP contribution in [0.2, 0.25) is 0 Å². The molecule has 0 bridgehead atoms. The Morgan fingerprint density at radius 1 is 1.00 bits per heavy atom. The van der Waals surface area contributed by atoms with Gasteiger partial charge in [0.2, 0.25) is 0 Å². The maximum atomic E-state index is 4.54. The molecule has 2 N–H and O–H groups in total. The third-order valence-corrected chi connectivity index (χ3v) is 2.80. The second kappa shape index (κ2) is 6.23. The van der Waals surface area contributed by atoms with Gasteiger partial charge in [0.05, 0.1) is 0 Å². The minimum atomic E-state index is 0.867. The molecule has 2 aromatic rings. The summed E-state index contributed by atoms with van der Waals surface area (Å²) in [5.74, 6) is 1.78. The summed E-state index contributed by atoms with van der Waals surface area (Å²) in [6.45, 7) is 7.29. The van der Waals surface area contributed by atoms with E-state index in [0.29, 0.717) is 0 Å². The smallest absolute Gasteiger partial charge is 0.132 e. The Balaban J connectivity index is 2.13. The molecule has 1 heterocycles. The van der Waals surface area contributed by atoms with Gasteiger partial charge in [-0.25, -0.2) is 4.98 Å². The molecule has 0 saturated carbocycles. The number of hydrogen-bond acceptors (Lipinski definition) is 3. The van der Waals surface area contributed by atoms with E-state index in [1.54, 1.807) is 0 Å². The van der Waals surface area contributed by atoms with Crippen LogP contribution in [0.1, 0.15) is 24.5 Å². The van der Waals surface area contributed by atoms with Gasteiger partial charge in [-0.05, 0) is 55.7 Å². The second-order valence-electron chi connectivity index (χ2n) is 4.84. The number of benzene rings is 1. The van der Waals surface area contributed by atoms with Crippen LogP contribution >= 0.6 is 0 Å². The molecule has 0 fully saturated rings. The molecule has 0 atom stereocenters. The van der Waals surface area contributed by atoms with Crippen molar-refractivity contribution in [3.8, 4) is 0 Å². The van der Waals surface area contributed by atoms with Gasteiger partial charge in [0.1, 0.15) is 11.6 Å². The van der Waals surface area contributed by atoms with E-state index in [4.69, 9.17) is 0 Å². The van der Waals surface area contributed by atoms with Crippen molar-refractivity contribution in [3.63, 3.8) is 0 Å². The van der Waals surface area contributed by atoms with Crippen molar-refractivity contribution in [1.29, 1.82) is 0 Å². The van der Waals surface area contributed by atoms with Gasteiger partial charge in [-0.3, -0.25) is 0 Å². The fourth-order valence-corrected chi connectivity index (χ4v) is 2.05. The lowest BCUT2D eigenvalue weighted by molar-refractivity contribution is 0.970. The molecule has 3 heteroatoms. The molecule has 0 aliphatic carbocycles. The van der Waals surface area contributed by atoms with Crippen molar-refractivity contribution in [1.82, 2.24) is 4.98 Å². The summed E-state index contributed by atoms with van der Waals surface area (Å²) in [4.78, 5) is 4.54. The maximum Gasteiger partial charge on any atom is 0.132 e. The van der Waals surface area contributed by atoms with E-state index >= 15 is 0 Å². The molecule has 19 heavy (non-hydrogen) atoms. The Kier molecular flexibility index (Phi) is 4.39. The molecule has 0 aliphatic heterocycles. The minimum Gasteiger partial charge on any atom is -0.370 e. The Labute approximate surface area is 115 Å². The number of aromatic nitrogens is 1. The standard InChI is InChI=1S/C16H21N3/c1-4-8-17-15-6-5-7-16(19-15)18-14-10-12(2)9-13(3)11-14/h5-7,9-11H,4,8H2,1-3H3,(H2,17,18,19). The molecule has 0 radical (unpaired) electrons. The Morgan fingerprint density at radius 2 is 1.68 bits per heavy atom. The first kappa shape index (κ1) is 13.4. The number of pyridine rings is 1. The molecule has 0 aliphatic rings. The predicted molar refractivity (Wildman–Crippen MR) is 82.2 cm³/mol. The van der Waals surface area contributed by atoms with E-state index in [-0.39, 0.29) is 0 Å². The number of hydrogen-bond donors (Lipinski definition) is 2. The van der Waals surface area contributed by atoms with Gasteiger partial charge >= 0.3 is 0 Å². The average Bonchev–Trinajstić information content (AvgIpc) is 2.35. The topological polar surface area (TPSA) is 37.0 Å². The summed E-state index contributed by atoms with van der Waals surface area (Å²) < 4.78 is 0. The lowest BCUT2D eigenvalue weighted by Gasteiger charge is -2.10. The number of aryl methyl sites for hydroxylation is 2. The first-order valence-electron chi connectivity index (χ1n) is 6.73. The highest BCUT2D eigenvalue weighted by atomic mass is 15.1. The normalized spacial score (nSPS) is 10.3. The van der Waals surface area contributed by atoms with Gasteiger partial charge < -0.3 is 10.6 Å². The van der Waals surface area contributed by atoms with Gasteiger partial charge in [-0.15, -0.1) is 0 Å². The van der Waals surface area contributed by atoms with E-state index in [0.717, 1.165) is 30.3 Å². The fourth-order valence-electron chi connectivity index (χ4n) is 2.05. The summed E-state index contributed by atoms with van der Waals surface area (Å²) in [6.07, 6.45) is 1.09. The highest BCUT2D eigenvalue weighted by Gasteiger charge is 1.99. The van der Waals surface area contributed by atoms with Gasteiger partial charge in [0, 0.05) is 12.2 Å². The fraction of sp³-hybridized carbons (Fsp3) is 0.312. The van der Waals surface area contributed by atoms with Gasteiger partial charge in [0.15, 0.2) is 0 Å². The second-order valence-corrected chi connectivity index (χ2v) is 4.84. The molecular formula is C16H21N3. The van der Waals surface area contributed by atoms with Crippen LogP contribution in [0.25, 0.3) is 0 Å².